The van der Waals surface area contributed by atoms with E-state index in [0.717, 1.165) is 44.1 Å². The summed E-state index contributed by atoms with van der Waals surface area (Å²) in [6, 6.07) is 4.45. The molecule has 0 saturated carbocycles. The Morgan fingerprint density at radius 3 is 2.62 bits per heavy atom. The topological polar surface area (TPSA) is 43.0 Å². The zero-order chi connectivity index (χ0) is 15.5. The molecule has 1 fully saturated rings. The minimum Gasteiger partial charge on any atom is -0.493 e. The summed E-state index contributed by atoms with van der Waals surface area (Å²) in [5, 5.41) is 3.41. The van der Waals surface area contributed by atoms with Gasteiger partial charge in [0, 0.05) is 32.2 Å². The zero-order valence-corrected chi connectivity index (χ0v) is 15.8. The Bertz CT molecular complexity index is 563. The quantitative estimate of drug-likeness (QED) is 0.799. The largest absolute Gasteiger partial charge is 0.493 e. The Kier molecular flexibility index (Phi) is 8.16. The van der Waals surface area contributed by atoms with E-state index < -0.39 is 0 Å². The Hall–Kier alpha value is -1.14. The van der Waals surface area contributed by atoms with Gasteiger partial charge >= 0.3 is 0 Å². The molecule has 0 aromatic heterocycles. The summed E-state index contributed by atoms with van der Waals surface area (Å²) in [5.41, 5.74) is 2.38. The van der Waals surface area contributed by atoms with Gasteiger partial charge in [-0.3, -0.25) is 4.90 Å². The molecular formula is C17H26Cl2N2O3. The fourth-order valence-corrected chi connectivity index (χ4v) is 3.12. The van der Waals surface area contributed by atoms with Crippen LogP contribution in [0, 0.1) is 0 Å². The molecule has 1 aromatic carbocycles. The van der Waals surface area contributed by atoms with E-state index in [1.54, 1.807) is 7.11 Å². The Morgan fingerprint density at radius 1 is 1.29 bits per heavy atom. The number of fused-ring (bicyclic) bond motifs is 1. The number of nitrogens with zero attached hydrogens (tertiary/aromatic N) is 1. The fourth-order valence-electron chi connectivity index (χ4n) is 3.12. The van der Waals surface area contributed by atoms with E-state index in [-0.39, 0.29) is 31.6 Å². The summed E-state index contributed by atoms with van der Waals surface area (Å²) in [4.78, 5) is 2.50. The summed E-state index contributed by atoms with van der Waals surface area (Å²) in [5.74, 6) is 2.23. The molecule has 3 rings (SSSR count). The number of rotatable bonds is 5. The minimum absolute atomic E-state index is 0. The molecule has 2 aliphatic rings. The first kappa shape index (κ1) is 20.9. The monoisotopic (exact) mass is 376 g/mol. The lowest BCUT2D eigenvalue weighted by Gasteiger charge is -2.35. The predicted molar refractivity (Wildman–Crippen MR) is 100 cm³/mol. The second-order valence-corrected chi connectivity index (χ2v) is 5.92. The number of ether oxygens (including phenoxy) is 3. The molecule has 136 valence electrons. The number of methoxy groups -OCH3 is 1. The normalized spacial score (nSPS) is 17.4. The van der Waals surface area contributed by atoms with Crippen LogP contribution in [0.3, 0.4) is 0 Å². The average Bonchev–Trinajstić information content (AvgIpc) is 3.00. The van der Waals surface area contributed by atoms with Crippen molar-refractivity contribution >= 4 is 24.8 Å². The first-order valence-electron chi connectivity index (χ1n) is 7.75. The van der Waals surface area contributed by atoms with Crippen molar-refractivity contribution < 1.29 is 14.2 Å². The number of benzene rings is 1. The molecule has 0 bridgehead atoms. The van der Waals surface area contributed by atoms with Crippen molar-refractivity contribution in [2.24, 2.45) is 0 Å². The lowest BCUT2D eigenvalue weighted by atomic mass is 9.97. The lowest BCUT2D eigenvalue weighted by molar-refractivity contribution is 0.169. The molecule has 1 atom stereocenters. The van der Waals surface area contributed by atoms with Gasteiger partial charge < -0.3 is 19.5 Å². The number of hydrogen-bond acceptors (Lipinski definition) is 5. The van der Waals surface area contributed by atoms with Crippen LogP contribution in [0.25, 0.3) is 0 Å². The van der Waals surface area contributed by atoms with E-state index in [4.69, 9.17) is 14.2 Å². The van der Waals surface area contributed by atoms with E-state index in [9.17, 15) is 0 Å². The van der Waals surface area contributed by atoms with E-state index in [1.165, 1.54) is 11.1 Å². The predicted octanol–water partition coefficient (Wildman–Crippen LogP) is 3.18. The van der Waals surface area contributed by atoms with Crippen molar-refractivity contribution in [3.63, 3.8) is 0 Å². The number of piperazine rings is 1. The van der Waals surface area contributed by atoms with Gasteiger partial charge in [0.15, 0.2) is 11.5 Å². The van der Waals surface area contributed by atoms with Gasteiger partial charge in [0.1, 0.15) is 0 Å². The fraction of sp³-hybridized carbons (Fsp3) is 0.529. The molecule has 5 nitrogen and oxygen atoms in total. The molecule has 0 unspecified atom stereocenters. The van der Waals surface area contributed by atoms with Crippen LogP contribution >= 0.6 is 24.8 Å². The maximum absolute atomic E-state index is 5.57. The highest BCUT2D eigenvalue weighted by Crippen LogP contribution is 2.44. The van der Waals surface area contributed by atoms with Crippen LogP contribution in [0.15, 0.2) is 24.3 Å². The van der Waals surface area contributed by atoms with E-state index in [2.05, 4.69) is 35.9 Å². The van der Waals surface area contributed by atoms with E-state index >= 15 is 0 Å². The van der Waals surface area contributed by atoms with Crippen LogP contribution < -0.4 is 19.5 Å². The van der Waals surface area contributed by atoms with Crippen LogP contribution in [-0.4, -0.2) is 45.0 Å². The molecule has 0 radical (unpaired) electrons. The molecule has 1 N–H and O–H groups in total. The van der Waals surface area contributed by atoms with E-state index in [1.807, 2.05) is 0 Å². The molecule has 1 saturated heterocycles. The highest BCUT2D eigenvalue weighted by atomic mass is 35.5. The molecule has 0 amide bonds. The molecule has 2 aliphatic heterocycles. The average molecular weight is 377 g/mol. The number of nitrogens with one attached hydrogen (secondary N) is 1. The van der Waals surface area contributed by atoms with Gasteiger partial charge in [0.25, 0.3) is 0 Å². The van der Waals surface area contributed by atoms with Gasteiger partial charge in [-0.25, -0.2) is 0 Å². The van der Waals surface area contributed by atoms with Crippen LogP contribution in [0.1, 0.15) is 24.9 Å². The Balaban J connectivity index is 0.00000144. The van der Waals surface area contributed by atoms with Gasteiger partial charge in [-0.2, -0.15) is 0 Å². The first-order chi connectivity index (χ1) is 10.7. The summed E-state index contributed by atoms with van der Waals surface area (Å²) >= 11 is 0. The van der Waals surface area contributed by atoms with Gasteiger partial charge in [-0.05, 0) is 31.0 Å². The van der Waals surface area contributed by atoms with Crippen molar-refractivity contribution in [2.75, 3.05) is 40.1 Å². The number of hydrogen-bond donors (Lipinski definition) is 1. The van der Waals surface area contributed by atoms with Gasteiger partial charge in [0.2, 0.25) is 12.5 Å². The SMILES string of the molecule is C=C(C)C[C@H](c1cc(OC)c2c(c1)OCO2)N1CCNCC1.Cl.Cl. The molecule has 7 heteroatoms. The van der Waals surface area contributed by atoms with Crippen molar-refractivity contribution in [3.05, 3.63) is 29.8 Å². The van der Waals surface area contributed by atoms with Crippen LogP contribution in [0.2, 0.25) is 0 Å². The smallest absolute Gasteiger partial charge is 0.231 e. The molecule has 24 heavy (non-hydrogen) atoms. The standard InChI is InChI=1S/C17H24N2O3.2ClH/c1-12(2)8-14(19-6-4-18-5-7-19)13-9-15(20-3)17-16(10-13)21-11-22-17;;/h9-10,14,18H,1,4-8,11H2,2-3H3;2*1H/t14-;;/m1../s1. The van der Waals surface area contributed by atoms with Crippen molar-refractivity contribution in [1.29, 1.82) is 0 Å². The summed E-state index contributed by atoms with van der Waals surface area (Å²) in [7, 11) is 1.67. The van der Waals surface area contributed by atoms with Crippen LogP contribution in [0.5, 0.6) is 17.2 Å². The van der Waals surface area contributed by atoms with Crippen molar-refractivity contribution in [2.45, 2.75) is 19.4 Å². The Labute approximate surface area is 156 Å². The third-order valence-corrected chi connectivity index (χ3v) is 4.20. The van der Waals surface area contributed by atoms with Crippen molar-refractivity contribution in [3.8, 4) is 17.2 Å². The number of halogens is 2. The maximum Gasteiger partial charge on any atom is 0.231 e. The zero-order valence-electron chi connectivity index (χ0n) is 14.2. The third-order valence-electron chi connectivity index (χ3n) is 4.20. The first-order valence-corrected chi connectivity index (χ1v) is 7.75. The van der Waals surface area contributed by atoms with Crippen molar-refractivity contribution in [1.82, 2.24) is 10.2 Å². The molecular weight excluding hydrogens is 351 g/mol. The molecule has 1 aromatic rings. The Morgan fingerprint density at radius 2 is 2.00 bits per heavy atom. The molecule has 0 aliphatic carbocycles. The summed E-state index contributed by atoms with van der Waals surface area (Å²) < 4.78 is 16.5. The maximum atomic E-state index is 5.57. The van der Waals surface area contributed by atoms with Gasteiger partial charge in [-0.15, -0.1) is 31.4 Å². The second kappa shape index (κ2) is 9.37. The van der Waals surface area contributed by atoms with E-state index in [0.29, 0.717) is 11.8 Å². The van der Waals surface area contributed by atoms with Crippen LogP contribution in [0.4, 0.5) is 0 Å². The minimum atomic E-state index is 0. The second-order valence-electron chi connectivity index (χ2n) is 5.92. The summed E-state index contributed by atoms with van der Waals surface area (Å²) in [6.07, 6.45) is 0.933. The highest BCUT2D eigenvalue weighted by Gasteiger charge is 2.27. The van der Waals surface area contributed by atoms with Gasteiger partial charge in [-0.1, -0.05) is 5.57 Å². The molecule has 0 spiro atoms. The van der Waals surface area contributed by atoms with Crippen LogP contribution in [-0.2, 0) is 0 Å². The van der Waals surface area contributed by atoms with Gasteiger partial charge in [0.05, 0.1) is 7.11 Å². The lowest BCUT2D eigenvalue weighted by Crippen LogP contribution is -2.45. The third kappa shape index (κ3) is 4.48. The summed E-state index contributed by atoms with van der Waals surface area (Å²) in [6.45, 7) is 10.6. The molecule has 2 heterocycles. The highest BCUT2D eigenvalue weighted by molar-refractivity contribution is 5.85.